The minimum Gasteiger partial charge on any atom is -0.480 e. The Kier molecular flexibility index (Phi) is 6.42. The molecule has 0 aliphatic carbocycles. The molecular formula is C11H23N3O5S. The predicted octanol–water partition coefficient (Wildman–Crippen LogP) is -0.227. The largest absolute Gasteiger partial charge is 0.480 e. The third-order valence-corrected chi connectivity index (χ3v) is 4.37. The molecule has 118 valence electrons. The van der Waals surface area contributed by atoms with Gasteiger partial charge >= 0.3 is 12.0 Å². The maximum Gasteiger partial charge on any atom is 0.323 e. The average molecular weight is 309 g/mol. The molecule has 0 saturated heterocycles. The van der Waals surface area contributed by atoms with Crippen molar-refractivity contribution in [2.45, 2.75) is 26.3 Å². The number of carboxylic acids is 1. The Labute approximate surface area is 119 Å². The highest BCUT2D eigenvalue weighted by molar-refractivity contribution is 7.89. The molecular weight excluding hydrogens is 286 g/mol. The first-order valence-electron chi connectivity index (χ1n) is 6.05. The molecule has 0 atom stereocenters. The zero-order valence-corrected chi connectivity index (χ0v) is 13.3. The number of nitrogens with one attached hydrogen (secondary N) is 1. The van der Waals surface area contributed by atoms with Crippen molar-refractivity contribution in [3.63, 3.8) is 0 Å². The van der Waals surface area contributed by atoms with Gasteiger partial charge in [-0.1, -0.05) is 0 Å². The lowest BCUT2D eigenvalue weighted by atomic mass is 10.1. The molecule has 0 aromatic rings. The van der Waals surface area contributed by atoms with Crippen molar-refractivity contribution in [2.75, 3.05) is 32.9 Å². The molecule has 2 N–H and O–H groups in total. The van der Waals surface area contributed by atoms with Crippen molar-refractivity contribution >= 4 is 22.0 Å². The van der Waals surface area contributed by atoms with Crippen molar-refractivity contribution in [1.29, 1.82) is 0 Å². The number of rotatable bonds is 6. The Morgan fingerprint density at radius 3 is 2.05 bits per heavy atom. The number of carbonyl (C=O) groups excluding carboxylic acids is 1. The molecule has 0 spiro atoms. The number of carboxylic acid groups (broad SMARTS) is 1. The molecule has 0 heterocycles. The summed E-state index contributed by atoms with van der Waals surface area (Å²) in [6.45, 7) is 4.57. The van der Waals surface area contributed by atoms with Gasteiger partial charge in [0.2, 0.25) is 10.0 Å². The number of carbonyl (C=O) groups is 2. The van der Waals surface area contributed by atoms with Crippen LogP contribution in [0, 0.1) is 0 Å². The molecule has 9 heteroatoms. The van der Waals surface area contributed by atoms with Gasteiger partial charge in [-0.3, -0.25) is 4.79 Å². The molecule has 8 nitrogen and oxygen atoms in total. The van der Waals surface area contributed by atoms with Crippen molar-refractivity contribution in [2.24, 2.45) is 0 Å². The van der Waals surface area contributed by atoms with E-state index >= 15 is 0 Å². The van der Waals surface area contributed by atoms with Crippen molar-refractivity contribution < 1.29 is 23.1 Å². The Bertz CT molecular complexity index is 453. The standard InChI is InChI=1S/C11H23N3O5S/c1-11(2,3)14(8-9(15)16)10(17)12-6-7-20(18,19)13(4)5/h6-8H2,1-5H3,(H,12,17)(H,15,16). The molecule has 0 radical (unpaired) electrons. The maximum atomic E-state index is 11.9. The molecule has 0 unspecified atom stereocenters. The van der Waals surface area contributed by atoms with E-state index in [9.17, 15) is 18.0 Å². The lowest BCUT2D eigenvalue weighted by Gasteiger charge is -2.34. The number of aliphatic carboxylic acids is 1. The fraction of sp³-hybridized carbons (Fsp3) is 0.818. The van der Waals surface area contributed by atoms with Gasteiger partial charge in [-0.15, -0.1) is 0 Å². The van der Waals surface area contributed by atoms with Gasteiger partial charge in [0.05, 0.1) is 5.75 Å². The van der Waals surface area contributed by atoms with Crippen molar-refractivity contribution in [3.8, 4) is 0 Å². The van der Waals surface area contributed by atoms with E-state index in [1.165, 1.54) is 14.1 Å². The zero-order chi connectivity index (χ0) is 16.1. The predicted molar refractivity (Wildman–Crippen MR) is 75.0 cm³/mol. The molecule has 0 saturated carbocycles. The third kappa shape index (κ3) is 6.20. The van der Waals surface area contributed by atoms with Crippen LogP contribution >= 0.6 is 0 Å². The SMILES string of the molecule is CN(C)S(=O)(=O)CCNC(=O)N(CC(=O)O)C(C)(C)C. The van der Waals surface area contributed by atoms with Gasteiger partial charge in [-0.25, -0.2) is 17.5 Å². The van der Waals surface area contributed by atoms with Crippen LogP contribution in [-0.4, -0.2) is 73.2 Å². The highest BCUT2D eigenvalue weighted by atomic mass is 32.2. The van der Waals surface area contributed by atoms with Gasteiger partial charge in [0.25, 0.3) is 0 Å². The second-order valence-electron chi connectivity index (χ2n) is 5.48. The number of urea groups is 1. The van der Waals surface area contributed by atoms with Gasteiger partial charge in [-0.05, 0) is 20.8 Å². The zero-order valence-electron chi connectivity index (χ0n) is 12.5. The van der Waals surface area contributed by atoms with Crippen molar-refractivity contribution in [3.05, 3.63) is 0 Å². The molecule has 0 aromatic heterocycles. The van der Waals surface area contributed by atoms with E-state index in [1.54, 1.807) is 20.8 Å². The Hall–Kier alpha value is -1.35. The van der Waals surface area contributed by atoms with Crippen LogP contribution in [0.2, 0.25) is 0 Å². The van der Waals surface area contributed by atoms with Crippen molar-refractivity contribution in [1.82, 2.24) is 14.5 Å². The van der Waals surface area contributed by atoms with Gasteiger partial charge in [0.1, 0.15) is 6.54 Å². The molecule has 0 fully saturated rings. The Balaban J connectivity index is 4.61. The summed E-state index contributed by atoms with van der Waals surface area (Å²) < 4.78 is 24.1. The average Bonchev–Trinajstić information content (AvgIpc) is 2.23. The number of hydrogen-bond acceptors (Lipinski definition) is 4. The van der Waals surface area contributed by atoms with Crippen LogP contribution in [0.25, 0.3) is 0 Å². The van der Waals surface area contributed by atoms with Gasteiger partial charge in [0, 0.05) is 26.2 Å². The van der Waals surface area contributed by atoms with Crippen LogP contribution < -0.4 is 5.32 Å². The van der Waals surface area contributed by atoms with E-state index in [0.717, 1.165) is 9.21 Å². The summed E-state index contributed by atoms with van der Waals surface area (Å²) in [6.07, 6.45) is 0. The summed E-state index contributed by atoms with van der Waals surface area (Å²) in [6, 6.07) is -0.603. The maximum absolute atomic E-state index is 11.9. The van der Waals surface area contributed by atoms with Crippen LogP contribution in [-0.2, 0) is 14.8 Å². The summed E-state index contributed by atoms with van der Waals surface area (Å²) in [5, 5.41) is 11.2. The highest BCUT2D eigenvalue weighted by Crippen LogP contribution is 2.12. The number of nitrogens with zero attached hydrogens (tertiary/aromatic N) is 2. The molecule has 0 bridgehead atoms. The Morgan fingerprint density at radius 2 is 1.70 bits per heavy atom. The van der Waals surface area contributed by atoms with Gasteiger partial charge in [-0.2, -0.15) is 0 Å². The van der Waals surface area contributed by atoms with E-state index in [0.29, 0.717) is 0 Å². The quantitative estimate of drug-likeness (QED) is 0.705. The van der Waals surface area contributed by atoms with Crippen LogP contribution in [0.3, 0.4) is 0 Å². The number of hydrogen-bond donors (Lipinski definition) is 2. The van der Waals surface area contributed by atoms with E-state index in [1.807, 2.05) is 0 Å². The number of amides is 2. The van der Waals surface area contributed by atoms with Crippen LogP contribution in [0.5, 0.6) is 0 Å². The summed E-state index contributed by atoms with van der Waals surface area (Å²) in [5.41, 5.74) is -0.678. The first kappa shape index (κ1) is 18.7. The fourth-order valence-corrected chi connectivity index (χ4v) is 2.04. The highest BCUT2D eigenvalue weighted by Gasteiger charge is 2.28. The second kappa shape index (κ2) is 6.89. The summed E-state index contributed by atoms with van der Waals surface area (Å²) in [5.74, 6) is -1.37. The van der Waals surface area contributed by atoms with Gasteiger partial charge < -0.3 is 15.3 Å². The monoisotopic (exact) mass is 309 g/mol. The van der Waals surface area contributed by atoms with Crippen LogP contribution in [0.1, 0.15) is 20.8 Å². The molecule has 0 aliphatic rings. The first-order chi connectivity index (χ1) is 8.88. The van der Waals surface area contributed by atoms with E-state index in [2.05, 4.69) is 5.32 Å². The lowest BCUT2D eigenvalue weighted by molar-refractivity contribution is -0.138. The minimum atomic E-state index is -3.39. The molecule has 0 aliphatic heterocycles. The van der Waals surface area contributed by atoms with E-state index < -0.39 is 34.1 Å². The van der Waals surface area contributed by atoms with Crippen LogP contribution in [0.4, 0.5) is 4.79 Å². The molecule has 2 amide bonds. The first-order valence-corrected chi connectivity index (χ1v) is 7.66. The summed E-state index contributed by atoms with van der Waals surface area (Å²) in [4.78, 5) is 23.8. The van der Waals surface area contributed by atoms with Gasteiger partial charge in [0.15, 0.2) is 0 Å². The Morgan fingerprint density at radius 1 is 1.20 bits per heavy atom. The molecule has 0 rings (SSSR count). The van der Waals surface area contributed by atoms with E-state index in [-0.39, 0.29) is 12.3 Å². The lowest BCUT2D eigenvalue weighted by Crippen LogP contribution is -2.53. The number of sulfonamides is 1. The second-order valence-corrected chi connectivity index (χ2v) is 7.78. The fourth-order valence-electron chi connectivity index (χ4n) is 1.31. The summed E-state index contributed by atoms with van der Waals surface area (Å²) >= 11 is 0. The smallest absolute Gasteiger partial charge is 0.323 e. The van der Waals surface area contributed by atoms with Crippen LogP contribution in [0.15, 0.2) is 0 Å². The topological polar surface area (TPSA) is 107 Å². The normalized spacial score (nSPS) is 12.3. The minimum absolute atomic E-state index is 0.0778. The molecule has 20 heavy (non-hydrogen) atoms. The van der Waals surface area contributed by atoms with E-state index in [4.69, 9.17) is 5.11 Å². The summed E-state index contributed by atoms with van der Waals surface area (Å²) in [7, 11) is -0.583. The molecule has 0 aromatic carbocycles. The third-order valence-electron chi connectivity index (χ3n) is 2.54.